The maximum absolute atomic E-state index is 9.55. The van der Waals surface area contributed by atoms with Gasteiger partial charge in [0.05, 0.1) is 10.7 Å². The van der Waals surface area contributed by atoms with E-state index < -0.39 is 11.9 Å². The van der Waals surface area contributed by atoms with Crippen molar-refractivity contribution in [3.63, 3.8) is 0 Å². The van der Waals surface area contributed by atoms with Gasteiger partial charge >= 0.3 is 11.9 Å². The van der Waals surface area contributed by atoms with Crippen LogP contribution >= 0.6 is 11.3 Å². The summed E-state index contributed by atoms with van der Waals surface area (Å²) in [5, 5.41) is 17.0. The summed E-state index contributed by atoms with van der Waals surface area (Å²) >= 11 is 1.94. The van der Waals surface area contributed by atoms with Crippen LogP contribution in [0.15, 0.2) is 36.4 Å². The fraction of sp³-hybridized carbons (Fsp3) is 0.350. The van der Waals surface area contributed by atoms with Crippen LogP contribution in [0.3, 0.4) is 0 Å². The SMILES string of the molecule is CN1CCC(Cc2nc3c(s2)Cc2ccccc2-3)C1.O=C(O)/C=C/C(=O)O. The normalized spacial score (nSPS) is 18.0. The Labute approximate surface area is 161 Å². The minimum Gasteiger partial charge on any atom is -0.478 e. The molecule has 27 heavy (non-hydrogen) atoms. The van der Waals surface area contributed by atoms with Crippen LogP contribution in [0, 0.1) is 5.92 Å². The Morgan fingerprint density at radius 1 is 1.26 bits per heavy atom. The third-order valence-electron chi connectivity index (χ3n) is 4.69. The van der Waals surface area contributed by atoms with Crippen LogP contribution in [-0.2, 0) is 22.4 Å². The molecule has 0 saturated carbocycles. The molecule has 1 atom stereocenters. The van der Waals surface area contributed by atoms with E-state index in [2.05, 4.69) is 36.2 Å². The first kappa shape index (κ1) is 19.3. The highest BCUT2D eigenvalue weighted by atomic mass is 32.1. The van der Waals surface area contributed by atoms with Crippen LogP contribution < -0.4 is 0 Å². The van der Waals surface area contributed by atoms with Crippen molar-refractivity contribution >= 4 is 23.3 Å². The van der Waals surface area contributed by atoms with E-state index in [4.69, 9.17) is 15.2 Å². The molecule has 2 aliphatic rings. The predicted octanol–water partition coefficient (Wildman–Crippen LogP) is 2.92. The standard InChI is InChI=1S/C16H18N2S.C4H4O4/c1-18-7-6-11(10-18)8-15-17-16-13-5-3-2-4-12(13)9-14(16)19-15;5-3(6)1-2-4(7)8/h2-5,11H,6-10H2,1H3;1-2H,(H,5,6)(H,7,8)/b;2-1+. The van der Waals surface area contributed by atoms with Gasteiger partial charge in [0.2, 0.25) is 0 Å². The van der Waals surface area contributed by atoms with E-state index in [0.717, 1.165) is 12.3 Å². The Bertz CT molecular complexity index is 859. The number of fused-ring (bicyclic) bond motifs is 3. The monoisotopic (exact) mass is 386 g/mol. The number of likely N-dealkylation sites (tertiary alicyclic amines) is 1. The first-order valence-corrected chi connectivity index (χ1v) is 9.63. The van der Waals surface area contributed by atoms with Crippen molar-refractivity contribution in [1.82, 2.24) is 9.88 Å². The number of thiazole rings is 1. The molecule has 4 rings (SSSR count). The molecule has 142 valence electrons. The van der Waals surface area contributed by atoms with Gasteiger partial charge in [-0.1, -0.05) is 24.3 Å². The first-order chi connectivity index (χ1) is 12.9. The molecular formula is C20H22N2O4S. The summed E-state index contributed by atoms with van der Waals surface area (Å²) in [6, 6.07) is 8.70. The predicted molar refractivity (Wildman–Crippen MR) is 104 cm³/mol. The molecule has 1 aliphatic heterocycles. The van der Waals surface area contributed by atoms with Gasteiger partial charge in [-0.25, -0.2) is 14.6 Å². The maximum atomic E-state index is 9.55. The summed E-state index contributed by atoms with van der Waals surface area (Å²) in [4.78, 5) is 27.9. The second-order valence-electron chi connectivity index (χ2n) is 6.84. The second kappa shape index (κ2) is 8.45. The molecule has 6 nitrogen and oxygen atoms in total. The molecule has 2 aromatic rings. The van der Waals surface area contributed by atoms with Gasteiger partial charge in [-0.05, 0) is 31.5 Å². The van der Waals surface area contributed by atoms with E-state index in [9.17, 15) is 9.59 Å². The summed E-state index contributed by atoms with van der Waals surface area (Å²) in [7, 11) is 2.22. The number of carbonyl (C=O) groups is 2. The van der Waals surface area contributed by atoms with Gasteiger partial charge in [0, 0.05) is 42.0 Å². The number of carboxylic acid groups (broad SMARTS) is 2. The number of rotatable bonds is 4. The second-order valence-corrected chi connectivity index (χ2v) is 8.01. The van der Waals surface area contributed by atoms with Crippen LogP contribution in [0.25, 0.3) is 11.3 Å². The molecule has 1 fully saturated rings. The molecule has 1 aromatic carbocycles. The van der Waals surface area contributed by atoms with Gasteiger partial charge in [-0.15, -0.1) is 11.3 Å². The summed E-state index contributed by atoms with van der Waals surface area (Å²) < 4.78 is 0. The summed E-state index contributed by atoms with van der Waals surface area (Å²) in [6.07, 6.45) is 4.71. The van der Waals surface area contributed by atoms with E-state index in [1.54, 1.807) is 0 Å². The van der Waals surface area contributed by atoms with Crippen LogP contribution in [0.2, 0.25) is 0 Å². The average molecular weight is 386 g/mol. The molecule has 0 bridgehead atoms. The zero-order valence-corrected chi connectivity index (χ0v) is 15.9. The van der Waals surface area contributed by atoms with E-state index in [1.807, 2.05) is 11.3 Å². The van der Waals surface area contributed by atoms with Crippen molar-refractivity contribution in [2.24, 2.45) is 5.92 Å². The Kier molecular flexibility index (Phi) is 6.03. The van der Waals surface area contributed by atoms with E-state index >= 15 is 0 Å². The van der Waals surface area contributed by atoms with Crippen molar-refractivity contribution < 1.29 is 19.8 Å². The molecule has 0 spiro atoms. The number of hydrogen-bond acceptors (Lipinski definition) is 5. The van der Waals surface area contributed by atoms with Crippen LogP contribution in [0.1, 0.15) is 21.9 Å². The highest BCUT2D eigenvalue weighted by Gasteiger charge is 2.25. The van der Waals surface area contributed by atoms with Crippen molar-refractivity contribution in [3.8, 4) is 11.3 Å². The first-order valence-electron chi connectivity index (χ1n) is 8.81. The van der Waals surface area contributed by atoms with Crippen molar-refractivity contribution in [1.29, 1.82) is 0 Å². The van der Waals surface area contributed by atoms with Crippen LogP contribution in [-0.4, -0.2) is 52.2 Å². The Morgan fingerprint density at radius 2 is 1.96 bits per heavy atom. The summed E-state index contributed by atoms with van der Waals surface area (Å²) in [5.74, 6) is -1.70. The Balaban J connectivity index is 0.000000226. The lowest BCUT2D eigenvalue weighted by Gasteiger charge is -2.08. The van der Waals surface area contributed by atoms with Crippen LogP contribution in [0.4, 0.5) is 0 Å². The Morgan fingerprint density at radius 3 is 2.59 bits per heavy atom. The lowest BCUT2D eigenvalue weighted by atomic mass is 10.1. The quantitative estimate of drug-likeness (QED) is 0.670. The fourth-order valence-electron chi connectivity index (χ4n) is 3.48. The molecule has 1 aliphatic carbocycles. The molecule has 2 heterocycles. The number of carboxylic acids is 2. The van der Waals surface area contributed by atoms with Crippen LogP contribution in [0.5, 0.6) is 0 Å². The molecule has 0 amide bonds. The molecule has 1 aromatic heterocycles. The number of aliphatic carboxylic acids is 2. The van der Waals surface area contributed by atoms with Crippen molar-refractivity contribution in [2.45, 2.75) is 19.3 Å². The summed E-state index contributed by atoms with van der Waals surface area (Å²) in [6.45, 7) is 2.49. The smallest absolute Gasteiger partial charge is 0.328 e. The van der Waals surface area contributed by atoms with Gasteiger partial charge < -0.3 is 15.1 Å². The number of hydrogen-bond donors (Lipinski definition) is 2. The van der Waals surface area contributed by atoms with Gasteiger partial charge in [0.25, 0.3) is 0 Å². The average Bonchev–Trinajstić information content (AvgIpc) is 3.28. The third kappa shape index (κ3) is 5.02. The molecule has 7 heteroatoms. The lowest BCUT2D eigenvalue weighted by Crippen LogP contribution is -2.14. The zero-order valence-electron chi connectivity index (χ0n) is 15.1. The van der Waals surface area contributed by atoms with E-state index in [0.29, 0.717) is 12.2 Å². The minimum absolute atomic E-state index is 0.558. The topological polar surface area (TPSA) is 90.7 Å². The fourth-order valence-corrected chi connectivity index (χ4v) is 4.70. The van der Waals surface area contributed by atoms with E-state index in [1.165, 1.54) is 52.6 Å². The minimum atomic E-state index is -1.26. The van der Waals surface area contributed by atoms with Gasteiger partial charge in [0.1, 0.15) is 0 Å². The number of aromatic nitrogens is 1. The number of nitrogens with zero attached hydrogens (tertiary/aromatic N) is 2. The molecule has 2 N–H and O–H groups in total. The van der Waals surface area contributed by atoms with Crippen molar-refractivity contribution in [2.75, 3.05) is 20.1 Å². The lowest BCUT2D eigenvalue weighted by molar-refractivity contribution is -0.134. The maximum Gasteiger partial charge on any atom is 0.328 e. The molecular weight excluding hydrogens is 364 g/mol. The largest absolute Gasteiger partial charge is 0.478 e. The van der Waals surface area contributed by atoms with Gasteiger partial charge in [-0.2, -0.15) is 0 Å². The molecule has 1 unspecified atom stereocenters. The zero-order chi connectivity index (χ0) is 19.4. The van der Waals surface area contributed by atoms with Gasteiger partial charge in [0.15, 0.2) is 0 Å². The van der Waals surface area contributed by atoms with Crippen molar-refractivity contribution in [3.05, 3.63) is 51.9 Å². The number of benzene rings is 1. The Hall–Kier alpha value is -2.51. The highest BCUT2D eigenvalue weighted by Crippen LogP contribution is 2.39. The third-order valence-corrected chi connectivity index (χ3v) is 5.76. The summed E-state index contributed by atoms with van der Waals surface area (Å²) in [5.41, 5.74) is 4.08. The molecule has 0 radical (unpaired) electrons. The van der Waals surface area contributed by atoms with E-state index in [-0.39, 0.29) is 0 Å². The molecule has 1 saturated heterocycles. The van der Waals surface area contributed by atoms with Gasteiger partial charge in [-0.3, -0.25) is 0 Å². The highest BCUT2D eigenvalue weighted by molar-refractivity contribution is 7.12.